The van der Waals surface area contributed by atoms with Gasteiger partial charge in [-0.25, -0.2) is 0 Å². The van der Waals surface area contributed by atoms with Crippen LogP contribution in [0.15, 0.2) is 59.4 Å². The van der Waals surface area contributed by atoms with Crippen LogP contribution in [0.4, 0.5) is 0 Å². The Balaban J connectivity index is 1.44. The van der Waals surface area contributed by atoms with Gasteiger partial charge in [0, 0.05) is 37.1 Å². The Hall–Kier alpha value is -2.46. The molecule has 116 valence electrons. The van der Waals surface area contributed by atoms with E-state index in [-0.39, 0.29) is 0 Å². The summed E-state index contributed by atoms with van der Waals surface area (Å²) < 4.78 is 5.53. The number of pyridine rings is 1. The lowest BCUT2D eigenvalue weighted by atomic mass is 10.0. The summed E-state index contributed by atoms with van der Waals surface area (Å²) in [5, 5.41) is 4.19. The molecule has 4 nitrogen and oxygen atoms in total. The van der Waals surface area contributed by atoms with Crippen molar-refractivity contribution in [3.05, 3.63) is 71.7 Å². The van der Waals surface area contributed by atoms with Crippen molar-refractivity contribution in [2.45, 2.75) is 19.4 Å². The molecule has 4 rings (SSSR count). The van der Waals surface area contributed by atoms with Gasteiger partial charge in [0.25, 0.3) is 0 Å². The van der Waals surface area contributed by atoms with E-state index in [0.717, 1.165) is 49.5 Å². The van der Waals surface area contributed by atoms with Gasteiger partial charge in [0.2, 0.25) is 0 Å². The Kier molecular flexibility index (Phi) is 3.90. The number of hydrogen-bond donors (Lipinski definition) is 0. The maximum atomic E-state index is 5.53. The number of benzene rings is 1. The Bertz CT molecular complexity index is 755. The highest BCUT2D eigenvalue weighted by Gasteiger charge is 2.16. The second-order valence-electron chi connectivity index (χ2n) is 5.96. The number of fused-ring (bicyclic) bond motifs is 1. The van der Waals surface area contributed by atoms with Crippen molar-refractivity contribution in [2.24, 2.45) is 0 Å². The van der Waals surface area contributed by atoms with E-state index < -0.39 is 0 Å². The molecule has 0 unspecified atom stereocenters. The summed E-state index contributed by atoms with van der Waals surface area (Å²) in [6, 6.07) is 14.7. The molecule has 3 aromatic rings. The third kappa shape index (κ3) is 3.17. The third-order valence-corrected chi connectivity index (χ3v) is 4.43. The van der Waals surface area contributed by atoms with Crippen molar-refractivity contribution in [2.75, 3.05) is 13.1 Å². The highest BCUT2D eigenvalue weighted by atomic mass is 16.5. The molecule has 1 aliphatic heterocycles. The molecule has 0 spiro atoms. The highest BCUT2D eigenvalue weighted by Crippen LogP contribution is 2.21. The fourth-order valence-corrected chi connectivity index (χ4v) is 3.14. The van der Waals surface area contributed by atoms with Gasteiger partial charge >= 0.3 is 0 Å². The van der Waals surface area contributed by atoms with Crippen LogP contribution in [-0.2, 0) is 19.4 Å². The molecule has 0 atom stereocenters. The number of nitrogens with zero attached hydrogens (tertiary/aromatic N) is 3. The maximum Gasteiger partial charge on any atom is 0.151 e. The van der Waals surface area contributed by atoms with Crippen molar-refractivity contribution >= 4 is 0 Å². The Labute approximate surface area is 135 Å². The first-order valence-electron chi connectivity index (χ1n) is 8.03. The zero-order chi connectivity index (χ0) is 15.5. The van der Waals surface area contributed by atoms with Crippen LogP contribution >= 0.6 is 0 Å². The van der Waals surface area contributed by atoms with E-state index in [1.165, 1.54) is 11.1 Å². The molecule has 0 saturated heterocycles. The summed E-state index contributed by atoms with van der Waals surface area (Å²) in [6.45, 7) is 2.93. The van der Waals surface area contributed by atoms with Crippen LogP contribution in [0.5, 0.6) is 0 Å². The van der Waals surface area contributed by atoms with Gasteiger partial charge in [-0.05, 0) is 36.1 Å². The van der Waals surface area contributed by atoms with Crippen LogP contribution in [0.25, 0.3) is 11.3 Å². The zero-order valence-electron chi connectivity index (χ0n) is 13.0. The average molecular weight is 305 g/mol. The maximum absolute atomic E-state index is 5.53. The Morgan fingerprint density at radius 3 is 2.35 bits per heavy atom. The molecule has 3 heterocycles. The van der Waals surface area contributed by atoms with Gasteiger partial charge in [0.15, 0.2) is 5.76 Å². The normalized spacial score (nSPS) is 15.1. The van der Waals surface area contributed by atoms with Gasteiger partial charge in [-0.2, -0.15) is 0 Å². The third-order valence-electron chi connectivity index (χ3n) is 4.43. The Morgan fingerprint density at radius 1 is 0.957 bits per heavy atom. The van der Waals surface area contributed by atoms with Crippen LogP contribution < -0.4 is 0 Å². The Morgan fingerprint density at radius 2 is 1.65 bits per heavy atom. The van der Waals surface area contributed by atoms with E-state index >= 15 is 0 Å². The molecule has 0 bridgehead atoms. The van der Waals surface area contributed by atoms with E-state index in [0.29, 0.717) is 0 Å². The second kappa shape index (κ2) is 6.34. The fraction of sp³-hybridized carbons (Fsp3) is 0.263. The average Bonchev–Trinajstić information content (AvgIpc) is 2.97. The number of hydrogen-bond acceptors (Lipinski definition) is 4. The van der Waals surface area contributed by atoms with Crippen LogP contribution in [0.1, 0.15) is 16.9 Å². The van der Waals surface area contributed by atoms with Crippen molar-refractivity contribution in [1.29, 1.82) is 0 Å². The minimum absolute atomic E-state index is 0.812. The second-order valence-corrected chi connectivity index (χ2v) is 5.96. The fourth-order valence-electron chi connectivity index (χ4n) is 3.14. The van der Waals surface area contributed by atoms with E-state index in [4.69, 9.17) is 4.52 Å². The van der Waals surface area contributed by atoms with Crippen molar-refractivity contribution in [1.82, 2.24) is 15.0 Å². The summed E-state index contributed by atoms with van der Waals surface area (Å²) in [5.41, 5.74) is 4.87. The van der Waals surface area contributed by atoms with Gasteiger partial charge < -0.3 is 4.52 Å². The molecule has 0 radical (unpaired) electrons. The molecule has 0 N–H and O–H groups in total. The number of rotatable bonds is 3. The molecule has 1 aliphatic rings. The lowest BCUT2D eigenvalue weighted by molar-refractivity contribution is 0.240. The van der Waals surface area contributed by atoms with Crippen molar-refractivity contribution < 1.29 is 4.52 Å². The van der Waals surface area contributed by atoms with Crippen LogP contribution in [0.3, 0.4) is 0 Å². The lowest BCUT2D eigenvalue weighted by Crippen LogP contribution is -2.25. The van der Waals surface area contributed by atoms with Crippen LogP contribution in [-0.4, -0.2) is 28.1 Å². The van der Waals surface area contributed by atoms with E-state index in [9.17, 15) is 0 Å². The molecule has 0 amide bonds. The molecule has 23 heavy (non-hydrogen) atoms. The van der Waals surface area contributed by atoms with Gasteiger partial charge in [-0.15, -0.1) is 0 Å². The van der Waals surface area contributed by atoms with Gasteiger partial charge in [0.05, 0.1) is 6.54 Å². The van der Waals surface area contributed by atoms with Crippen molar-refractivity contribution in [3.8, 4) is 11.3 Å². The summed E-state index contributed by atoms with van der Waals surface area (Å²) in [6.07, 6.45) is 5.74. The smallest absolute Gasteiger partial charge is 0.151 e. The quantitative estimate of drug-likeness (QED) is 0.744. The zero-order valence-corrected chi connectivity index (χ0v) is 13.0. The minimum Gasteiger partial charge on any atom is -0.359 e. The molecular weight excluding hydrogens is 286 g/mol. The van der Waals surface area contributed by atoms with Gasteiger partial charge in [-0.1, -0.05) is 29.4 Å². The summed E-state index contributed by atoms with van der Waals surface area (Å²) >= 11 is 0. The number of aromatic nitrogens is 2. The van der Waals surface area contributed by atoms with Gasteiger partial charge in [-0.3, -0.25) is 9.88 Å². The predicted molar refractivity (Wildman–Crippen MR) is 88.9 cm³/mol. The topological polar surface area (TPSA) is 42.2 Å². The van der Waals surface area contributed by atoms with Crippen LogP contribution in [0, 0.1) is 0 Å². The SMILES string of the molecule is c1ccc2c(c1)CCN(Cc1cc(-c3ccncc3)no1)CC2. The van der Waals surface area contributed by atoms with Crippen LogP contribution in [0.2, 0.25) is 0 Å². The first-order valence-corrected chi connectivity index (χ1v) is 8.03. The minimum atomic E-state index is 0.812. The lowest BCUT2D eigenvalue weighted by Gasteiger charge is -2.17. The van der Waals surface area contributed by atoms with E-state index in [2.05, 4.69) is 39.3 Å². The van der Waals surface area contributed by atoms with E-state index in [1.54, 1.807) is 12.4 Å². The van der Waals surface area contributed by atoms with Gasteiger partial charge in [0.1, 0.15) is 5.69 Å². The first-order chi connectivity index (χ1) is 11.4. The molecule has 0 fully saturated rings. The summed E-state index contributed by atoms with van der Waals surface area (Å²) in [4.78, 5) is 6.48. The van der Waals surface area contributed by atoms with Crippen molar-refractivity contribution in [3.63, 3.8) is 0 Å². The molecule has 2 aromatic heterocycles. The predicted octanol–water partition coefficient (Wildman–Crippen LogP) is 3.34. The largest absolute Gasteiger partial charge is 0.359 e. The molecule has 1 aromatic carbocycles. The standard InChI is InChI=1S/C19H19N3O/c1-2-4-16-8-12-22(11-7-15(16)3-1)14-18-13-19(21-23-18)17-5-9-20-10-6-17/h1-6,9-10,13H,7-8,11-12,14H2. The summed E-state index contributed by atoms with van der Waals surface area (Å²) in [5.74, 6) is 0.919. The molecule has 0 aliphatic carbocycles. The molecular formula is C19H19N3O. The monoisotopic (exact) mass is 305 g/mol. The molecule has 0 saturated carbocycles. The van der Waals surface area contributed by atoms with E-state index in [1.807, 2.05) is 18.2 Å². The highest BCUT2D eigenvalue weighted by molar-refractivity contribution is 5.57. The first kappa shape index (κ1) is 14.2. The summed E-state index contributed by atoms with van der Waals surface area (Å²) in [7, 11) is 0. The molecule has 4 heteroatoms.